The van der Waals surface area contributed by atoms with Crippen LogP contribution in [-0.2, 0) is 6.18 Å². The molecular weight excluding hydrogens is 355 g/mol. The number of rotatable bonds is 8. The van der Waals surface area contributed by atoms with E-state index in [2.05, 4.69) is 10.3 Å². The van der Waals surface area contributed by atoms with Gasteiger partial charge in [-0.3, -0.25) is 4.79 Å². The fourth-order valence-corrected chi connectivity index (χ4v) is 2.78. The molecule has 136 valence electrons. The van der Waals surface area contributed by atoms with Gasteiger partial charge in [0.1, 0.15) is 11.4 Å². The Morgan fingerprint density at radius 1 is 1.36 bits per heavy atom. The number of carbonyl (C=O) groups excluding carboxylic acids is 1. The molecule has 3 N–H and O–H groups in total. The molecule has 5 nitrogen and oxygen atoms in total. The zero-order valence-corrected chi connectivity index (χ0v) is 14.3. The molecule has 0 aliphatic heterocycles. The maximum atomic E-state index is 13.3. The predicted octanol–water partition coefficient (Wildman–Crippen LogP) is 4.57. The maximum absolute atomic E-state index is 13.3. The van der Waals surface area contributed by atoms with Crippen LogP contribution in [-0.4, -0.2) is 17.5 Å². The van der Waals surface area contributed by atoms with Crippen LogP contribution in [0.4, 0.5) is 24.0 Å². The summed E-state index contributed by atoms with van der Waals surface area (Å²) in [7, 11) is 0. The van der Waals surface area contributed by atoms with Gasteiger partial charge < -0.3 is 15.8 Å². The van der Waals surface area contributed by atoms with E-state index in [4.69, 9.17) is 10.5 Å². The summed E-state index contributed by atoms with van der Waals surface area (Å²) >= 11 is 1.07. The van der Waals surface area contributed by atoms with Gasteiger partial charge in [-0.25, -0.2) is 4.98 Å². The van der Waals surface area contributed by atoms with Crippen molar-refractivity contribution in [3.8, 4) is 5.75 Å². The number of hydrogen-bond donors (Lipinski definition) is 2. The molecule has 0 unspecified atom stereocenters. The SMILES string of the molecule is CCCCCOc1ccc(Nc2nc(C(N)=O)cs2)cc1C(F)(F)F. The molecule has 1 aromatic carbocycles. The first-order valence-electron chi connectivity index (χ1n) is 7.67. The molecule has 0 atom stereocenters. The number of halogens is 3. The van der Waals surface area contributed by atoms with Crippen molar-refractivity contribution in [2.24, 2.45) is 5.73 Å². The normalized spacial score (nSPS) is 11.4. The van der Waals surface area contributed by atoms with Gasteiger partial charge in [0.2, 0.25) is 0 Å². The number of primary amides is 1. The molecule has 9 heteroatoms. The summed E-state index contributed by atoms with van der Waals surface area (Å²) in [5.41, 5.74) is 4.49. The first kappa shape index (κ1) is 19.0. The van der Waals surface area contributed by atoms with E-state index in [0.717, 1.165) is 30.2 Å². The van der Waals surface area contributed by atoms with Crippen molar-refractivity contribution in [2.45, 2.75) is 32.4 Å². The summed E-state index contributed by atoms with van der Waals surface area (Å²) < 4.78 is 45.1. The molecular formula is C16H18F3N3O2S. The summed E-state index contributed by atoms with van der Waals surface area (Å²) in [5, 5.41) is 4.45. The molecule has 0 aliphatic carbocycles. The molecule has 25 heavy (non-hydrogen) atoms. The molecule has 1 amide bonds. The number of carbonyl (C=O) groups is 1. The van der Waals surface area contributed by atoms with Crippen LogP contribution in [0.2, 0.25) is 0 Å². The van der Waals surface area contributed by atoms with Crippen molar-refractivity contribution in [2.75, 3.05) is 11.9 Å². The van der Waals surface area contributed by atoms with Crippen molar-refractivity contribution < 1.29 is 22.7 Å². The minimum atomic E-state index is -4.54. The first-order valence-corrected chi connectivity index (χ1v) is 8.55. The second-order valence-electron chi connectivity index (χ2n) is 5.29. The average molecular weight is 373 g/mol. The van der Waals surface area contributed by atoms with E-state index in [1.54, 1.807) is 0 Å². The van der Waals surface area contributed by atoms with Gasteiger partial charge in [-0.15, -0.1) is 11.3 Å². The molecule has 0 fully saturated rings. The second-order valence-corrected chi connectivity index (χ2v) is 6.15. The molecule has 0 saturated carbocycles. The van der Waals surface area contributed by atoms with E-state index in [-0.39, 0.29) is 28.9 Å². The van der Waals surface area contributed by atoms with Gasteiger partial charge in [0.05, 0.1) is 12.2 Å². The molecule has 0 aliphatic rings. The van der Waals surface area contributed by atoms with Crippen molar-refractivity contribution in [1.29, 1.82) is 0 Å². The number of amides is 1. The highest BCUT2D eigenvalue weighted by Gasteiger charge is 2.34. The number of unbranched alkanes of at least 4 members (excludes halogenated alkanes) is 2. The minimum Gasteiger partial charge on any atom is -0.493 e. The van der Waals surface area contributed by atoms with Gasteiger partial charge in [0, 0.05) is 11.1 Å². The van der Waals surface area contributed by atoms with Gasteiger partial charge in [-0.1, -0.05) is 19.8 Å². The third-order valence-corrected chi connectivity index (χ3v) is 4.06. The zero-order valence-electron chi connectivity index (χ0n) is 13.5. The fraction of sp³-hybridized carbons (Fsp3) is 0.375. The fourth-order valence-electron chi connectivity index (χ4n) is 2.06. The Morgan fingerprint density at radius 2 is 2.12 bits per heavy atom. The predicted molar refractivity (Wildman–Crippen MR) is 90.4 cm³/mol. The van der Waals surface area contributed by atoms with Crippen molar-refractivity contribution in [3.63, 3.8) is 0 Å². The van der Waals surface area contributed by atoms with E-state index in [1.165, 1.54) is 17.5 Å². The highest BCUT2D eigenvalue weighted by molar-refractivity contribution is 7.14. The minimum absolute atomic E-state index is 0.0550. The van der Waals surface area contributed by atoms with E-state index in [9.17, 15) is 18.0 Å². The van der Waals surface area contributed by atoms with E-state index in [1.807, 2.05) is 6.92 Å². The Kier molecular flexibility index (Phi) is 6.24. The highest BCUT2D eigenvalue weighted by atomic mass is 32.1. The van der Waals surface area contributed by atoms with Crippen molar-refractivity contribution >= 4 is 28.1 Å². The third kappa shape index (κ3) is 5.35. The lowest BCUT2D eigenvalue weighted by molar-refractivity contribution is -0.138. The number of nitrogens with one attached hydrogen (secondary N) is 1. The molecule has 0 bridgehead atoms. The third-order valence-electron chi connectivity index (χ3n) is 3.30. The van der Waals surface area contributed by atoms with Crippen molar-refractivity contribution in [3.05, 3.63) is 34.8 Å². The first-order chi connectivity index (χ1) is 11.8. The topological polar surface area (TPSA) is 77.2 Å². The number of ether oxygens (including phenoxy) is 1. The summed E-state index contributed by atoms with van der Waals surface area (Å²) in [6.45, 7) is 2.24. The quantitative estimate of drug-likeness (QED) is 0.665. The van der Waals surface area contributed by atoms with Gasteiger partial charge in [-0.05, 0) is 24.6 Å². The summed E-state index contributed by atoms with van der Waals surface area (Å²) in [6.07, 6.45) is -1.99. The molecule has 2 rings (SSSR count). The van der Waals surface area contributed by atoms with E-state index in [0.29, 0.717) is 6.42 Å². The number of alkyl halides is 3. The average Bonchev–Trinajstić information content (AvgIpc) is 3.00. The number of nitrogens with zero attached hydrogens (tertiary/aromatic N) is 1. The maximum Gasteiger partial charge on any atom is 0.420 e. The Hall–Kier alpha value is -2.29. The lowest BCUT2D eigenvalue weighted by atomic mass is 10.1. The van der Waals surface area contributed by atoms with Gasteiger partial charge in [0.25, 0.3) is 5.91 Å². The number of anilines is 2. The molecule has 1 heterocycles. The lowest BCUT2D eigenvalue weighted by Crippen LogP contribution is -2.11. The Balaban J connectivity index is 2.18. The number of hydrogen-bond acceptors (Lipinski definition) is 5. The van der Waals surface area contributed by atoms with Gasteiger partial charge in [0.15, 0.2) is 5.13 Å². The summed E-state index contributed by atoms with van der Waals surface area (Å²) in [5.74, 6) is -0.901. The van der Waals surface area contributed by atoms with Crippen molar-refractivity contribution in [1.82, 2.24) is 4.98 Å². The van der Waals surface area contributed by atoms with Crippen LogP contribution in [0.25, 0.3) is 0 Å². The van der Waals surface area contributed by atoms with E-state index >= 15 is 0 Å². The van der Waals surface area contributed by atoms with Crippen LogP contribution in [0.15, 0.2) is 23.6 Å². The van der Waals surface area contributed by atoms with Crippen LogP contribution in [0.5, 0.6) is 5.75 Å². The Morgan fingerprint density at radius 3 is 2.72 bits per heavy atom. The van der Waals surface area contributed by atoms with Gasteiger partial charge >= 0.3 is 6.18 Å². The molecule has 0 spiro atoms. The number of benzene rings is 1. The number of thiazole rings is 1. The smallest absolute Gasteiger partial charge is 0.420 e. The van der Waals surface area contributed by atoms with E-state index < -0.39 is 17.6 Å². The van der Waals surface area contributed by atoms with Gasteiger partial charge in [-0.2, -0.15) is 13.2 Å². The highest BCUT2D eigenvalue weighted by Crippen LogP contribution is 2.38. The second kappa shape index (κ2) is 8.19. The monoisotopic (exact) mass is 373 g/mol. The summed E-state index contributed by atoms with van der Waals surface area (Å²) in [6, 6.07) is 3.70. The van der Waals surface area contributed by atoms with Crippen LogP contribution in [0.1, 0.15) is 42.2 Å². The Labute approximate surface area is 147 Å². The molecule has 0 radical (unpaired) electrons. The van der Waals surface area contributed by atoms with Crippen LogP contribution in [0.3, 0.4) is 0 Å². The lowest BCUT2D eigenvalue weighted by Gasteiger charge is -2.15. The molecule has 0 saturated heterocycles. The van der Waals surface area contributed by atoms with Crippen LogP contribution < -0.4 is 15.8 Å². The zero-order chi connectivity index (χ0) is 18.4. The largest absolute Gasteiger partial charge is 0.493 e. The van der Waals surface area contributed by atoms with Crippen LogP contribution >= 0.6 is 11.3 Å². The standard InChI is InChI=1S/C16H18F3N3O2S/c1-2-3-4-7-24-13-6-5-10(8-11(13)16(17,18)19)21-15-22-12(9-25-15)14(20)23/h5-6,8-9H,2-4,7H2,1H3,(H2,20,23)(H,21,22). The number of nitrogens with two attached hydrogens (primary N) is 1. The van der Waals surface area contributed by atoms with Crippen LogP contribution in [0, 0.1) is 0 Å². The Bertz CT molecular complexity index is 732. The molecule has 1 aromatic heterocycles. The molecule has 2 aromatic rings. The summed E-state index contributed by atoms with van der Waals surface area (Å²) in [4.78, 5) is 14.9. The number of aromatic nitrogens is 1.